The van der Waals surface area contributed by atoms with E-state index in [2.05, 4.69) is 11.7 Å². The summed E-state index contributed by atoms with van der Waals surface area (Å²) >= 11 is 0. The van der Waals surface area contributed by atoms with Crippen LogP contribution in [0.1, 0.15) is 46.5 Å². The second kappa shape index (κ2) is 18.5. The van der Waals surface area contributed by atoms with E-state index >= 15 is 0 Å². The molecule has 5 aliphatic rings. The average molecular weight is 583 g/mol. The molecular formula is C29H46N2O10. The minimum absolute atomic E-state index is 0.241. The summed E-state index contributed by atoms with van der Waals surface area (Å²) < 4.78 is 24.9. The van der Waals surface area contributed by atoms with Gasteiger partial charge in [0.25, 0.3) is 23.6 Å². The third-order valence-corrected chi connectivity index (χ3v) is 6.98. The molecule has 4 amide bonds. The molecule has 232 valence electrons. The smallest absolute Gasteiger partial charge is 0.325 e. The van der Waals surface area contributed by atoms with Crippen LogP contribution in [0.4, 0.5) is 0 Å². The number of epoxide rings is 1. The molecule has 1 saturated carbocycles. The van der Waals surface area contributed by atoms with Gasteiger partial charge in [-0.25, -0.2) is 0 Å². The SMILES string of the molecule is CC.CCC1(COC)COC1.CN1C(=O)C=CC1=O.COC(=O)CN1C(=O)C=CC1=O.COCC1CCC2OC2C1. The summed E-state index contributed by atoms with van der Waals surface area (Å²) in [7, 11) is 6.17. The van der Waals surface area contributed by atoms with Crippen molar-refractivity contribution >= 4 is 29.6 Å². The van der Waals surface area contributed by atoms with Gasteiger partial charge in [-0.3, -0.25) is 33.8 Å². The Kier molecular flexibility index (Phi) is 16.3. The van der Waals surface area contributed by atoms with E-state index in [0.717, 1.165) is 54.3 Å². The molecule has 4 aliphatic heterocycles. The van der Waals surface area contributed by atoms with Crippen LogP contribution in [-0.2, 0) is 47.7 Å². The molecule has 4 heterocycles. The number of fused-ring (bicyclic) bond motifs is 1. The lowest BCUT2D eigenvalue weighted by molar-refractivity contribution is -0.149. The number of likely N-dealkylation sites (N-methyl/N-ethyl adjacent to an activating group) is 1. The first kappa shape index (κ1) is 36.1. The monoisotopic (exact) mass is 582 g/mol. The van der Waals surface area contributed by atoms with Crippen LogP contribution in [0.25, 0.3) is 0 Å². The number of hydrogen-bond donors (Lipinski definition) is 0. The van der Waals surface area contributed by atoms with Crippen molar-refractivity contribution in [2.24, 2.45) is 11.3 Å². The molecule has 2 saturated heterocycles. The third kappa shape index (κ3) is 11.8. The van der Waals surface area contributed by atoms with Crippen molar-refractivity contribution in [2.45, 2.75) is 58.7 Å². The highest BCUT2D eigenvalue weighted by molar-refractivity contribution is 6.14. The van der Waals surface area contributed by atoms with Crippen LogP contribution in [0.2, 0.25) is 0 Å². The summed E-state index contributed by atoms with van der Waals surface area (Å²) in [6, 6.07) is 0. The number of methoxy groups -OCH3 is 3. The van der Waals surface area contributed by atoms with Gasteiger partial charge in [-0.05, 0) is 31.6 Å². The molecule has 0 aromatic rings. The largest absolute Gasteiger partial charge is 0.468 e. The molecule has 41 heavy (non-hydrogen) atoms. The van der Waals surface area contributed by atoms with Crippen LogP contribution < -0.4 is 0 Å². The quantitative estimate of drug-likeness (QED) is 0.248. The number of ether oxygens (including phenoxy) is 5. The molecule has 12 heteroatoms. The van der Waals surface area contributed by atoms with E-state index in [1.165, 1.54) is 52.0 Å². The van der Waals surface area contributed by atoms with Crippen LogP contribution in [0.3, 0.4) is 0 Å². The predicted octanol–water partition coefficient (Wildman–Crippen LogP) is 1.91. The van der Waals surface area contributed by atoms with Gasteiger partial charge < -0.3 is 23.7 Å². The number of carbonyl (C=O) groups is 5. The number of amides is 4. The maximum Gasteiger partial charge on any atom is 0.325 e. The number of rotatable bonds is 7. The number of nitrogens with zero attached hydrogens (tertiary/aromatic N) is 2. The Hall–Kier alpha value is -2.93. The summed E-state index contributed by atoms with van der Waals surface area (Å²) in [6.07, 6.45) is 10.9. The van der Waals surface area contributed by atoms with E-state index in [1.807, 2.05) is 13.8 Å². The molecule has 3 fully saturated rings. The van der Waals surface area contributed by atoms with Gasteiger partial charge >= 0.3 is 5.97 Å². The normalized spacial score (nSPS) is 24.3. The average Bonchev–Trinajstić information content (AvgIpc) is 3.60. The van der Waals surface area contributed by atoms with Crippen molar-refractivity contribution in [1.82, 2.24) is 9.80 Å². The van der Waals surface area contributed by atoms with Crippen molar-refractivity contribution in [2.75, 3.05) is 61.3 Å². The van der Waals surface area contributed by atoms with E-state index in [4.69, 9.17) is 18.9 Å². The lowest BCUT2D eigenvalue weighted by Crippen LogP contribution is -2.45. The van der Waals surface area contributed by atoms with E-state index < -0.39 is 17.8 Å². The van der Waals surface area contributed by atoms with E-state index in [1.54, 1.807) is 14.2 Å². The molecule has 0 aromatic heterocycles. The molecule has 0 aromatic carbocycles. The molecule has 12 nitrogen and oxygen atoms in total. The molecule has 0 radical (unpaired) electrons. The second-order valence-electron chi connectivity index (χ2n) is 9.87. The van der Waals surface area contributed by atoms with Crippen LogP contribution in [0.5, 0.6) is 0 Å². The highest BCUT2D eigenvalue weighted by Crippen LogP contribution is 2.39. The van der Waals surface area contributed by atoms with Gasteiger partial charge in [0.05, 0.1) is 39.1 Å². The Bertz CT molecular complexity index is 902. The number of esters is 1. The van der Waals surface area contributed by atoms with Crippen molar-refractivity contribution in [3.8, 4) is 0 Å². The van der Waals surface area contributed by atoms with Crippen molar-refractivity contribution < 1.29 is 47.7 Å². The fraction of sp³-hybridized carbons (Fsp3) is 0.690. The molecule has 5 rings (SSSR count). The van der Waals surface area contributed by atoms with Crippen LogP contribution in [0, 0.1) is 11.3 Å². The Balaban J connectivity index is 0.000000270. The zero-order chi connectivity index (χ0) is 31.0. The van der Waals surface area contributed by atoms with Gasteiger partial charge in [0.15, 0.2) is 0 Å². The van der Waals surface area contributed by atoms with Crippen molar-refractivity contribution in [1.29, 1.82) is 0 Å². The van der Waals surface area contributed by atoms with E-state index in [0.29, 0.717) is 17.6 Å². The Morgan fingerprint density at radius 1 is 0.902 bits per heavy atom. The minimum atomic E-state index is -0.611. The predicted molar refractivity (Wildman–Crippen MR) is 149 cm³/mol. The molecule has 0 bridgehead atoms. The van der Waals surface area contributed by atoms with Crippen LogP contribution in [-0.4, -0.2) is 113 Å². The highest BCUT2D eigenvalue weighted by atomic mass is 16.6. The van der Waals surface area contributed by atoms with Crippen LogP contribution >= 0.6 is 0 Å². The third-order valence-electron chi connectivity index (χ3n) is 6.98. The zero-order valence-electron chi connectivity index (χ0n) is 25.4. The summed E-state index contributed by atoms with van der Waals surface area (Å²) in [5.41, 5.74) is 0.370. The van der Waals surface area contributed by atoms with Gasteiger partial charge in [0, 0.05) is 57.6 Å². The summed E-state index contributed by atoms with van der Waals surface area (Å²) in [5, 5.41) is 0. The number of imide groups is 2. The summed E-state index contributed by atoms with van der Waals surface area (Å²) in [6.45, 7) is 9.41. The fourth-order valence-electron chi connectivity index (χ4n) is 4.22. The lowest BCUT2D eigenvalue weighted by atomic mass is 9.84. The molecule has 3 unspecified atom stereocenters. The first-order valence-corrected chi connectivity index (χ1v) is 13.9. The summed E-state index contributed by atoms with van der Waals surface area (Å²) in [5.74, 6) is -1.28. The Morgan fingerprint density at radius 2 is 1.46 bits per heavy atom. The fourth-order valence-corrected chi connectivity index (χ4v) is 4.22. The Morgan fingerprint density at radius 3 is 1.80 bits per heavy atom. The van der Waals surface area contributed by atoms with Crippen LogP contribution in [0.15, 0.2) is 24.3 Å². The number of hydrogen-bond acceptors (Lipinski definition) is 10. The standard InChI is InChI=1S/C8H14O2.C7H7NO4.C7H14O2.C5H5NO2.C2H6/c1-9-5-6-2-3-7-8(4-6)10-7;1-12-7(11)4-8-5(9)2-3-6(8)10;1-3-7(4-8-2)5-9-6-7;1-6-4(7)2-3-5(6)8;1-2/h6-8H,2-5H2,1H3;2-3H,4H2,1H3;3-6H2,1-2H3;2-3H,1H3;1-2H3. The molecule has 0 N–H and O–H groups in total. The first-order chi connectivity index (χ1) is 19.6. The van der Waals surface area contributed by atoms with Crippen molar-refractivity contribution in [3.63, 3.8) is 0 Å². The van der Waals surface area contributed by atoms with Gasteiger partial charge in [0.2, 0.25) is 0 Å². The highest BCUT2D eigenvalue weighted by Gasteiger charge is 2.43. The summed E-state index contributed by atoms with van der Waals surface area (Å²) in [4.78, 5) is 55.0. The van der Waals surface area contributed by atoms with Gasteiger partial charge in [0.1, 0.15) is 6.54 Å². The zero-order valence-corrected chi connectivity index (χ0v) is 25.4. The number of carbonyl (C=O) groups excluding carboxylic acids is 5. The first-order valence-electron chi connectivity index (χ1n) is 13.9. The second-order valence-corrected chi connectivity index (χ2v) is 9.87. The lowest BCUT2D eigenvalue weighted by Gasteiger charge is -2.39. The van der Waals surface area contributed by atoms with E-state index in [9.17, 15) is 24.0 Å². The molecule has 1 aliphatic carbocycles. The maximum atomic E-state index is 10.8. The van der Waals surface area contributed by atoms with Crippen molar-refractivity contribution in [3.05, 3.63) is 24.3 Å². The molecular weight excluding hydrogens is 536 g/mol. The van der Waals surface area contributed by atoms with E-state index in [-0.39, 0.29) is 18.4 Å². The Labute approximate surface area is 242 Å². The van der Waals surface area contributed by atoms with Gasteiger partial charge in [-0.2, -0.15) is 0 Å². The molecule has 0 spiro atoms. The minimum Gasteiger partial charge on any atom is -0.468 e. The molecule has 3 atom stereocenters. The topological polar surface area (TPSA) is 141 Å². The van der Waals surface area contributed by atoms with Gasteiger partial charge in [-0.15, -0.1) is 0 Å². The van der Waals surface area contributed by atoms with Gasteiger partial charge in [-0.1, -0.05) is 20.8 Å². The maximum absolute atomic E-state index is 10.8.